The quantitative estimate of drug-likeness (QED) is 0.808. The van der Waals surface area contributed by atoms with Crippen molar-refractivity contribution in [1.29, 1.82) is 0 Å². The first-order valence-corrected chi connectivity index (χ1v) is 5.87. The highest BCUT2D eigenvalue weighted by atomic mass is 16.3. The van der Waals surface area contributed by atoms with Crippen molar-refractivity contribution in [2.24, 2.45) is 0 Å². The monoisotopic (exact) mass is 220 g/mol. The lowest BCUT2D eigenvalue weighted by atomic mass is 10.1. The highest BCUT2D eigenvalue weighted by molar-refractivity contribution is 5.39. The number of aryl methyl sites for hydroxylation is 1. The molecule has 3 heteroatoms. The molecule has 0 saturated carbocycles. The van der Waals surface area contributed by atoms with Crippen molar-refractivity contribution in [2.75, 3.05) is 27.2 Å². The summed E-state index contributed by atoms with van der Waals surface area (Å²) in [5.74, 6) is 0.382. The van der Waals surface area contributed by atoms with Gasteiger partial charge in [-0.3, -0.25) is 0 Å². The van der Waals surface area contributed by atoms with Gasteiger partial charge in [0.25, 0.3) is 0 Å². The molecule has 1 aliphatic rings. The first-order chi connectivity index (χ1) is 7.66. The van der Waals surface area contributed by atoms with Crippen molar-refractivity contribution in [1.82, 2.24) is 10.2 Å². The number of nitrogens with one attached hydrogen (secondary N) is 1. The molecule has 0 saturated heterocycles. The summed E-state index contributed by atoms with van der Waals surface area (Å²) in [6.07, 6.45) is 2.22. The smallest absolute Gasteiger partial charge is 0.115 e. The number of aromatic hydroxyl groups is 1. The van der Waals surface area contributed by atoms with Crippen LogP contribution in [-0.2, 0) is 6.42 Å². The van der Waals surface area contributed by atoms with Crippen LogP contribution in [0.4, 0.5) is 0 Å². The van der Waals surface area contributed by atoms with Crippen LogP contribution in [0.2, 0.25) is 0 Å². The summed E-state index contributed by atoms with van der Waals surface area (Å²) in [6, 6.07) is 6.19. The van der Waals surface area contributed by atoms with Crippen LogP contribution in [0.15, 0.2) is 18.2 Å². The van der Waals surface area contributed by atoms with Crippen LogP contribution in [0.3, 0.4) is 0 Å². The molecule has 0 radical (unpaired) electrons. The van der Waals surface area contributed by atoms with E-state index in [1.807, 2.05) is 12.1 Å². The van der Waals surface area contributed by atoms with E-state index in [9.17, 15) is 5.11 Å². The first-order valence-electron chi connectivity index (χ1n) is 5.87. The van der Waals surface area contributed by atoms with Crippen molar-refractivity contribution in [3.8, 4) is 5.75 Å². The van der Waals surface area contributed by atoms with Gasteiger partial charge in [0, 0.05) is 19.1 Å². The van der Waals surface area contributed by atoms with Crippen molar-refractivity contribution >= 4 is 0 Å². The van der Waals surface area contributed by atoms with Gasteiger partial charge in [-0.1, -0.05) is 6.07 Å². The molecule has 0 spiro atoms. The number of nitrogens with zero attached hydrogens (tertiary/aromatic N) is 1. The first kappa shape index (κ1) is 11.4. The summed E-state index contributed by atoms with van der Waals surface area (Å²) in [7, 11) is 4.17. The molecule has 0 aromatic heterocycles. The maximum Gasteiger partial charge on any atom is 0.115 e. The maximum atomic E-state index is 9.40. The Hall–Kier alpha value is -1.06. The van der Waals surface area contributed by atoms with Gasteiger partial charge in [0.2, 0.25) is 0 Å². The lowest BCUT2D eigenvalue weighted by Gasteiger charge is -2.16. The zero-order valence-electron chi connectivity index (χ0n) is 10.0. The van der Waals surface area contributed by atoms with Crippen molar-refractivity contribution < 1.29 is 5.11 Å². The Labute approximate surface area is 97.1 Å². The fourth-order valence-corrected chi connectivity index (χ4v) is 2.28. The number of hydrogen-bond donors (Lipinski definition) is 2. The lowest BCUT2D eigenvalue weighted by Crippen LogP contribution is -2.28. The normalized spacial score (nSPS) is 19.1. The molecule has 88 valence electrons. The molecule has 0 heterocycles. The molecule has 0 fully saturated rings. The number of benzene rings is 1. The topological polar surface area (TPSA) is 35.5 Å². The van der Waals surface area contributed by atoms with E-state index in [1.54, 1.807) is 6.07 Å². The minimum Gasteiger partial charge on any atom is -0.508 e. The van der Waals surface area contributed by atoms with Crippen molar-refractivity contribution in [3.05, 3.63) is 29.3 Å². The predicted octanol–water partition coefficient (Wildman–Crippen LogP) is 1.53. The minimum absolute atomic E-state index is 0.382. The summed E-state index contributed by atoms with van der Waals surface area (Å²) >= 11 is 0. The largest absolute Gasteiger partial charge is 0.508 e. The summed E-state index contributed by atoms with van der Waals surface area (Å²) in [4.78, 5) is 2.18. The SMILES string of the molecule is CN(C)CCNC1CCc2cc(O)ccc21. The summed E-state index contributed by atoms with van der Waals surface area (Å²) in [5.41, 5.74) is 2.65. The van der Waals surface area contributed by atoms with Gasteiger partial charge < -0.3 is 15.3 Å². The van der Waals surface area contributed by atoms with Crippen LogP contribution in [0, 0.1) is 0 Å². The molecule has 16 heavy (non-hydrogen) atoms. The van der Waals surface area contributed by atoms with E-state index in [-0.39, 0.29) is 0 Å². The molecule has 0 amide bonds. The van der Waals surface area contributed by atoms with Crippen LogP contribution < -0.4 is 5.32 Å². The molecule has 1 unspecified atom stereocenters. The van der Waals surface area contributed by atoms with Gasteiger partial charge in [0.15, 0.2) is 0 Å². The molecule has 2 N–H and O–H groups in total. The number of phenols is 1. The molecule has 1 aromatic rings. The third kappa shape index (κ3) is 2.54. The highest BCUT2D eigenvalue weighted by Crippen LogP contribution is 2.32. The van der Waals surface area contributed by atoms with Gasteiger partial charge >= 0.3 is 0 Å². The number of rotatable bonds is 4. The third-order valence-electron chi connectivity index (χ3n) is 3.15. The molecule has 2 rings (SSSR count). The summed E-state index contributed by atoms with van der Waals surface area (Å²) < 4.78 is 0. The Kier molecular flexibility index (Phi) is 3.46. The Morgan fingerprint density at radius 2 is 2.25 bits per heavy atom. The zero-order chi connectivity index (χ0) is 11.5. The lowest BCUT2D eigenvalue weighted by molar-refractivity contribution is 0.384. The van der Waals surface area contributed by atoms with E-state index in [1.165, 1.54) is 11.1 Å². The van der Waals surface area contributed by atoms with E-state index in [2.05, 4.69) is 24.3 Å². The van der Waals surface area contributed by atoms with Gasteiger partial charge in [-0.25, -0.2) is 0 Å². The fraction of sp³-hybridized carbons (Fsp3) is 0.538. The van der Waals surface area contributed by atoms with Crippen LogP contribution in [0.5, 0.6) is 5.75 Å². The Morgan fingerprint density at radius 1 is 1.44 bits per heavy atom. The Morgan fingerprint density at radius 3 is 3.00 bits per heavy atom. The summed E-state index contributed by atoms with van der Waals surface area (Å²) in [6.45, 7) is 2.07. The average Bonchev–Trinajstić information content (AvgIpc) is 2.60. The van der Waals surface area contributed by atoms with Gasteiger partial charge in [0.05, 0.1) is 0 Å². The van der Waals surface area contributed by atoms with E-state index in [4.69, 9.17) is 0 Å². The Bertz CT molecular complexity index is 363. The van der Waals surface area contributed by atoms with E-state index in [0.29, 0.717) is 11.8 Å². The Balaban J connectivity index is 1.95. The average molecular weight is 220 g/mol. The minimum atomic E-state index is 0.382. The number of fused-ring (bicyclic) bond motifs is 1. The second kappa shape index (κ2) is 4.85. The number of phenolic OH excluding ortho intramolecular Hbond substituents is 1. The molecule has 1 aromatic carbocycles. The van der Waals surface area contributed by atoms with Gasteiger partial charge in [-0.05, 0) is 50.2 Å². The highest BCUT2D eigenvalue weighted by Gasteiger charge is 2.21. The predicted molar refractivity (Wildman–Crippen MR) is 65.7 cm³/mol. The molecule has 3 nitrogen and oxygen atoms in total. The van der Waals surface area contributed by atoms with Crippen LogP contribution >= 0.6 is 0 Å². The van der Waals surface area contributed by atoms with E-state index in [0.717, 1.165) is 25.9 Å². The fourth-order valence-electron chi connectivity index (χ4n) is 2.28. The van der Waals surface area contributed by atoms with E-state index >= 15 is 0 Å². The standard InChI is InChI=1S/C13H20N2O/c1-15(2)8-7-14-13-6-3-10-9-11(16)4-5-12(10)13/h4-5,9,13-14,16H,3,6-8H2,1-2H3. The zero-order valence-corrected chi connectivity index (χ0v) is 10.0. The van der Waals surface area contributed by atoms with Gasteiger partial charge in [-0.15, -0.1) is 0 Å². The molecule has 1 atom stereocenters. The second-order valence-corrected chi connectivity index (χ2v) is 4.73. The van der Waals surface area contributed by atoms with Crippen molar-refractivity contribution in [2.45, 2.75) is 18.9 Å². The summed E-state index contributed by atoms with van der Waals surface area (Å²) in [5, 5.41) is 13.0. The van der Waals surface area contributed by atoms with Gasteiger partial charge in [0.1, 0.15) is 5.75 Å². The number of likely N-dealkylation sites (N-methyl/N-ethyl adjacent to an activating group) is 1. The van der Waals surface area contributed by atoms with Crippen LogP contribution in [0.25, 0.3) is 0 Å². The van der Waals surface area contributed by atoms with Crippen molar-refractivity contribution in [3.63, 3.8) is 0 Å². The van der Waals surface area contributed by atoms with Gasteiger partial charge in [-0.2, -0.15) is 0 Å². The molecular weight excluding hydrogens is 200 g/mol. The maximum absolute atomic E-state index is 9.40. The third-order valence-corrected chi connectivity index (χ3v) is 3.15. The van der Waals surface area contributed by atoms with Crippen LogP contribution in [0.1, 0.15) is 23.6 Å². The molecular formula is C13H20N2O. The second-order valence-electron chi connectivity index (χ2n) is 4.73. The van der Waals surface area contributed by atoms with E-state index < -0.39 is 0 Å². The molecule has 1 aliphatic carbocycles. The molecule has 0 bridgehead atoms. The molecule has 0 aliphatic heterocycles. The number of hydrogen-bond acceptors (Lipinski definition) is 3. The van der Waals surface area contributed by atoms with Crippen LogP contribution in [-0.4, -0.2) is 37.2 Å².